The largest absolute Gasteiger partial charge is 0.352 e. The Morgan fingerprint density at radius 2 is 1.83 bits per heavy atom. The molecule has 0 saturated carbocycles. The van der Waals surface area contributed by atoms with Crippen molar-refractivity contribution in [2.75, 3.05) is 6.54 Å². The van der Waals surface area contributed by atoms with E-state index in [2.05, 4.69) is 27.0 Å². The smallest absolute Gasteiger partial charge is 0.251 e. The van der Waals surface area contributed by atoms with Crippen molar-refractivity contribution in [1.82, 2.24) is 14.9 Å². The van der Waals surface area contributed by atoms with Gasteiger partial charge in [-0.15, -0.1) is 0 Å². The van der Waals surface area contributed by atoms with Gasteiger partial charge in [0.25, 0.3) is 5.91 Å². The molecule has 0 fully saturated rings. The quantitative estimate of drug-likeness (QED) is 0.746. The van der Waals surface area contributed by atoms with E-state index >= 15 is 0 Å². The molecule has 0 aliphatic heterocycles. The minimum atomic E-state index is -0.104. The van der Waals surface area contributed by atoms with Crippen molar-refractivity contribution in [1.29, 1.82) is 0 Å². The second-order valence-corrected chi connectivity index (χ2v) is 5.91. The van der Waals surface area contributed by atoms with Crippen LogP contribution in [0.15, 0.2) is 67.0 Å². The maximum atomic E-state index is 12.1. The van der Waals surface area contributed by atoms with Gasteiger partial charge >= 0.3 is 0 Å². The Morgan fingerprint density at radius 1 is 1.08 bits per heavy atom. The Labute approximate surface area is 146 Å². The molecule has 1 aromatic heterocycles. The van der Waals surface area contributed by atoms with Crippen molar-refractivity contribution in [2.24, 2.45) is 0 Å². The molecular weight excluding hydrogens is 322 g/mol. The molecule has 122 valence electrons. The maximum Gasteiger partial charge on any atom is 0.251 e. The number of rotatable bonds is 6. The van der Waals surface area contributed by atoms with Gasteiger partial charge in [0.15, 0.2) is 0 Å². The zero-order valence-corrected chi connectivity index (χ0v) is 13.9. The normalized spacial score (nSPS) is 10.5. The molecule has 24 heavy (non-hydrogen) atoms. The standard InChI is InChI=1S/C19H18ClN3O/c20-17-8-6-16(7-9-17)19(24)22-11-10-18-21-12-13-23(18)14-15-4-2-1-3-5-15/h1-9,12-13H,10-11,14H2,(H,22,24). The minimum absolute atomic E-state index is 0.104. The van der Waals surface area contributed by atoms with Crippen molar-refractivity contribution in [2.45, 2.75) is 13.0 Å². The molecule has 0 bridgehead atoms. The highest BCUT2D eigenvalue weighted by Gasteiger charge is 2.07. The predicted octanol–water partition coefficient (Wildman–Crippen LogP) is 3.56. The van der Waals surface area contributed by atoms with Gasteiger partial charge in [0, 0.05) is 42.5 Å². The number of hydrogen-bond donors (Lipinski definition) is 1. The average molecular weight is 340 g/mol. The van der Waals surface area contributed by atoms with E-state index in [1.54, 1.807) is 30.5 Å². The summed E-state index contributed by atoms with van der Waals surface area (Å²) in [6.45, 7) is 1.31. The Kier molecular flexibility index (Phi) is 5.29. The first-order valence-electron chi connectivity index (χ1n) is 7.80. The number of imidazole rings is 1. The summed E-state index contributed by atoms with van der Waals surface area (Å²) >= 11 is 5.83. The van der Waals surface area contributed by atoms with Crippen LogP contribution < -0.4 is 5.32 Å². The molecule has 1 N–H and O–H groups in total. The van der Waals surface area contributed by atoms with Crippen LogP contribution in [0.3, 0.4) is 0 Å². The van der Waals surface area contributed by atoms with E-state index in [9.17, 15) is 4.79 Å². The van der Waals surface area contributed by atoms with Crippen LogP contribution in [0.4, 0.5) is 0 Å². The van der Waals surface area contributed by atoms with Crippen LogP contribution in [0.1, 0.15) is 21.7 Å². The third-order valence-electron chi connectivity index (χ3n) is 3.74. The molecule has 3 aromatic rings. The highest BCUT2D eigenvalue weighted by Crippen LogP contribution is 2.09. The summed E-state index contributed by atoms with van der Waals surface area (Å²) in [6.07, 6.45) is 4.43. The summed E-state index contributed by atoms with van der Waals surface area (Å²) in [7, 11) is 0. The Bertz CT molecular complexity index is 797. The lowest BCUT2D eigenvalue weighted by molar-refractivity contribution is 0.0954. The lowest BCUT2D eigenvalue weighted by atomic mass is 10.2. The number of carbonyl (C=O) groups excluding carboxylic acids is 1. The van der Waals surface area contributed by atoms with Gasteiger partial charge in [-0.05, 0) is 29.8 Å². The van der Waals surface area contributed by atoms with E-state index in [0.717, 1.165) is 12.4 Å². The van der Waals surface area contributed by atoms with E-state index < -0.39 is 0 Å². The monoisotopic (exact) mass is 339 g/mol. The fourth-order valence-electron chi connectivity index (χ4n) is 2.48. The van der Waals surface area contributed by atoms with Gasteiger partial charge in [-0.25, -0.2) is 4.98 Å². The van der Waals surface area contributed by atoms with Gasteiger partial charge < -0.3 is 9.88 Å². The van der Waals surface area contributed by atoms with Gasteiger partial charge in [0.05, 0.1) is 0 Å². The maximum absolute atomic E-state index is 12.1. The molecule has 0 unspecified atom stereocenters. The molecule has 0 radical (unpaired) electrons. The van der Waals surface area contributed by atoms with Crippen LogP contribution in [0.2, 0.25) is 5.02 Å². The lowest BCUT2D eigenvalue weighted by Gasteiger charge is -2.09. The van der Waals surface area contributed by atoms with Crippen LogP contribution in [0.5, 0.6) is 0 Å². The van der Waals surface area contributed by atoms with Crippen molar-refractivity contribution in [3.8, 4) is 0 Å². The number of carbonyl (C=O) groups is 1. The molecule has 0 aliphatic carbocycles. The highest BCUT2D eigenvalue weighted by molar-refractivity contribution is 6.30. The number of benzene rings is 2. The van der Waals surface area contributed by atoms with Crippen LogP contribution in [0, 0.1) is 0 Å². The van der Waals surface area contributed by atoms with Crippen LogP contribution >= 0.6 is 11.6 Å². The number of hydrogen-bond acceptors (Lipinski definition) is 2. The first kappa shape index (κ1) is 16.3. The molecule has 3 rings (SSSR count). The first-order valence-corrected chi connectivity index (χ1v) is 8.18. The molecule has 0 saturated heterocycles. The molecule has 5 heteroatoms. The summed E-state index contributed by atoms with van der Waals surface area (Å²) in [5.74, 6) is 0.850. The van der Waals surface area contributed by atoms with Gasteiger partial charge in [0.2, 0.25) is 0 Å². The molecule has 1 heterocycles. The molecule has 0 spiro atoms. The van der Waals surface area contributed by atoms with Gasteiger partial charge in [-0.3, -0.25) is 4.79 Å². The summed E-state index contributed by atoms with van der Waals surface area (Å²) < 4.78 is 2.10. The molecule has 4 nitrogen and oxygen atoms in total. The summed E-state index contributed by atoms with van der Waals surface area (Å²) in [4.78, 5) is 16.5. The van der Waals surface area contributed by atoms with Crippen LogP contribution in [-0.4, -0.2) is 22.0 Å². The molecule has 1 amide bonds. The van der Waals surface area contributed by atoms with Crippen molar-refractivity contribution < 1.29 is 4.79 Å². The summed E-state index contributed by atoms with van der Waals surface area (Å²) in [5, 5.41) is 3.53. The third kappa shape index (κ3) is 4.24. The molecular formula is C19H18ClN3O. The minimum Gasteiger partial charge on any atom is -0.352 e. The van der Waals surface area contributed by atoms with Crippen molar-refractivity contribution in [3.63, 3.8) is 0 Å². The van der Waals surface area contributed by atoms with Gasteiger partial charge in [0.1, 0.15) is 5.82 Å². The Morgan fingerprint density at radius 3 is 2.58 bits per heavy atom. The number of nitrogens with one attached hydrogen (secondary N) is 1. The van der Waals surface area contributed by atoms with Crippen molar-refractivity contribution >= 4 is 17.5 Å². The van der Waals surface area contributed by atoms with E-state index in [1.165, 1.54) is 5.56 Å². The van der Waals surface area contributed by atoms with E-state index in [4.69, 9.17) is 11.6 Å². The van der Waals surface area contributed by atoms with Crippen molar-refractivity contribution in [3.05, 3.63) is 89.0 Å². The number of amides is 1. The van der Waals surface area contributed by atoms with E-state index in [1.807, 2.05) is 24.4 Å². The van der Waals surface area contributed by atoms with Gasteiger partial charge in [-0.1, -0.05) is 41.9 Å². The fourth-order valence-corrected chi connectivity index (χ4v) is 2.61. The van der Waals surface area contributed by atoms with E-state index in [-0.39, 0.29) is 5.91 Å². The SMILES string of the molecule is O=C(NCCc1nccn1Cc1ccccc1)c1ccc(Cl)cc1. The van der Waals surface area contributed by atoms with Gasteiger partial charge in [-0.2, -0.15) is 0 Å². The molecule has 2 aromatic carbocycles. The average Bonchev–Trinajstić information content (AvgIpc) is 3.03. The summed E-state index contributed by atoms with van der Waals surface area (Å²) in [5.41, 5.74) is 1.83. The summed E-state index contributed by atoms with van der Waals surface area (Å²) in [6, 6.07) is 17.1. The first-order chi connectivity index (χ1) is 11.7. The number of nitrogens with zero attached hydrogens (tertiary/aromatic N) is 2. The van der Waals surface area contributed by atoms with Crippen LogP contribution in [-0.2, 0) is 13.0 Å². The zero-order valence-electron chi connectivity index (χ0n) is 13.2. The topological polar surface area (TPSA) is 46.9 Å². The van der Waals surface area contributed by atoms with Crippen LogP contribution in [0.25, 0.3) is 0 Å². The second kappa shape index (κ2) is 7.79. The number of halogens is 1. The third-order valence-corrected chi connectivity index (χ3v) is 3.99. The Balaban J connectivity index is 1.55. The predicted molar refractivity (Wildman–Crippen MR) is 95.3 cm³/mol. The Hall–Kier alpha value is -2.59. The fraction of sp³-hybridized carbons (Fsp3) is 0.158. The molecule has 0 atom stereocenters. The number of aromatic nitrogens is 2. The second-order valence-electron chi connectivity index (χ2n) is 5.47. The van der Waals surface area contributed by atoms with E-state index in [0.29, 0.717) is 23.6 Å². The highest BCUT2D eigenvalue weighted by atomic mass is 35.5. The zero-order chi connectivity index (χ0) is 16.8. The lowest BCUT2D eigenvalue weighted by Crippen LogP contribution is -2.26. The molecule has 0 aliphatic rings.